The third kappa shape index (κ3) is 5.26. The second-order valence-electron chi connectivity index (χ2n) is 2.34. The van der Waals surface area contributed by atoms with Gasteiger partial charge in [0.05, 0.1) is 0 Å². The molecule has 0 aromatic carbocycles. The predicted molar refractivity (Wildman–Crippen MR) is 55.0 cm³/mol. The third-order valence-corrected chi connectivity index (χ3v) is 1.12. The summed E-state index contributed by atoms with van der Waals surface area (Å²) in [6.45, 7) is 12.2. The van der Waals surface area contributed by atoms with Crippen LogP contribution in [0, 0.1) is 11.3 Å². The molecule has 0 spiro atoms. The summed E-state index contributed by atoms with van der Waals surface area (Å²) in [5, 5.41) is 8.09. The first-order chi connectivity index (χ1) is 6.44. The average molecular weight is 199 g/mol. The van der Waals surface area contributed by atoms with Crippen molar-refractivity contribution in [3.63, 3.8) is 0 Å². The molecule has 0 aliphatic heterocycles. The first-order valence-electron chi connectivity index (χ1n) is 4.23. The zero-order valence-corrected chi connectivity index (χ0v) is 8.77. The Balaban J connectivity index is 0. The van der Waals surface area contributed by atoms with Gasteiger partial charge in [-0.15, -0.1) is 0 Å². The maximum Gasteiger partial charge on any atom is 0.357 e. The number of nitrogens with zero attached hydrogens (tertiary/aromatic N) is 1. The minimum atomic E-state index is -3.47. The molecule has 0 saturated carbocycles. The van der Waals surface area contributed by atoms with Crippen LogP contribution in [0.3, 0.4) is 0 Å². The van der Waals surface area contributed by atoms with Gasteiger partial charge in [0.15, 0.2) is 0 Å². The Labute approximate surface area is 84.0 Å². The summed E-state index contributed by atoms with van der Waals surface area (Å²) in [5.74, 6) is -3.47. The molecule has 0 aliphatic rings. The van der Waals surface area contributed by atoms with Gasteiger partial charge in [0.2, 0.25) is 0 Å². The molecule has 0 rings (SSSR count). The zero-order chi connectivity index (χ0) is 11.8. The lowest BCUT2D eigenvalue weighted by molar-refractivity contribution is 0.110. The van der Waals surface area contributed by atoms with Crippen molar-refractivity contribution in [2.24, 2.45) is 0 Å². The van der Waals surface area contributed by atoms with Crippen molar-refractivity contribution in [2.75, 3.05) is 0 Å². The van der Waals surface area contributed by atoms with Gasteiger partial charge in [0.25, 0.3) is 0 Å². The van der Waals surface area contributed by atoms with E-state index in [1.807, 2.05) is 13.8 Å². The summed E-state index contributed by atoms with van der Waals surface area (Å²) >= 11 is 0. The molecule has 0 aromatic heterocycles. The molecule has 3 heteroatoms. The Kier molecular flexibility index (Phi) is 7.55. The topological polar surface area (TPSA) is 23.8 Å². The molecule has 1 nitrogen and oxygen atoms in total. The van der Waals surface area contributed by atoms with E-state index < -0.39 is 11.5 Å². The van der Waals surface area contributed by atoms with E-state index in [0.29, 0.717) is 5.57 Å². The maximum absolute atomic E-state index is 12.6. The summed E-state index contributed by atoms with van der Waals surface area (Å²) in [6.07, 6.45) is 2.09. The van der Waals surface area contributed by atoms with Gasteiger partial charge in [-0.3, -0.25) is 0 Å². The lowest BCUT2D eigenvalue weighted by Gasteiger charge is -2.07. The fourth-order valence-corrected chi connectivity index (χ4v) is 0.608. The van der Waals surface area contributed by atoms with Crippen LogP contribution in [0.25, 0.3) is 0 Å². The molecule has 0 saturated heterocycles. The second kappa shape index (κ2) is 7.02. The molecule has 14 heavy (non-hydrogen) atoms. The molecule has 0 atom stereocenters. The Morgan fingerprint density at radius 1 is 1.43 bits per heavy atom. The smallest absolute Gasteiger partial charge is 0.191 e. The highest BCUT2D eigenvalue weighted by atomic mass is 19.3. The summed E-state index contributed by atoms with van der Waals surface area (Å²) in [6, 6.07) is 0.884. The van der Waals surface area contributed by atoms with Crippen LogP contribution in [0.1, 0.15) is 20.8 Å². The van der Waals surface area contributed by atoms with Gasteiger partial charge in [0.1, 0.15) is 6.07 Å². The predicted octanol–water partition coefficient (Wildman–Crippen LogP) is 3.86. The standard InChI is InChI=1S/C9H9F2N.C2H6/c1-4-8(5-7(2)3)9(10,11)6-12;1-2/h4-5H,1-2H2,3H3;1-2H3/b8-5+;. The van der Waals surface area contributed by atoms with E-state index in [2.05, 4.69) is 13.2 Å². The minimum absolute atomic E-state index is 0.419. The zero-order valence-electron chi connectivity index (χ0n) is 8.77. The first kappa shape index (κ1) is 15.1. The Bertz CT molecular complexity index is 270. The van der Waals surface area contributed by atoms with Gasteiger partial charge >= 0.3 is 5.92 Å². The molecule has 0 radical (unpaired) electrons. The van der Waals surface area contributed by atoms with Crippen molar-refractivity contribution in [2.45, 2.75) is 26.7 Å². The van der Waals surface area contributed by atoms with E-state index in [0.717, 1.165) is 18.2 Å². The summed E-state index contributed by atoms with van der Waals surface area (Å²) in [5.41, 5.74) is 0.0392. The van der Waals surface area contributed by atoms with Crippen molar-refractivity contribution in [1.29, 1.82) is 5.26 Å². The molecule has 0 aliphatic carbocycles. The Morgan fingerprint density at radius 2 is 1.86 bits per heavy atom. The SMILES string of the molecule is C=C/C(=C\C(=C)C)C(F)(F)C#N.CC. The second-order valence-corrected chi connectivity index (χ2v) is 2.34. The molecule has 0 unspecified atom stereocenters. The van der Waals surface area contributed by atoms with E-state index in [1.165, 1.54) is 0 Å². The normalized spacial score (nSPS) is 10.7. The lowest BCUT2D eigenvalue weighted by Crippen LogP contribution is -2.14. The van der Waals surface area contributed by atoms with Crippen molar-refractivity contribution in [3.8, 4) is 6.07 Å². The fourth-order valence-electron chi connectivity index (χ4n) is 0.608. The van der Waals surface area contributed by atoms with Crippen LogP contribution in [-0.4, -0.2) is 5.92 Å². The van der Waals surface area contributed by atoms with Gasteiger partial charge < -0.3 is 0 Å². The van der Waals surface area contributed by atoms with E-state index in [4.69, 9.17) is 5.26 Å². The number of nitriles is 1. The van der Waals surface area contributed by atoms with Gasteiger partial charge in [-0.2, -0.15) is 14.0 Å². The van der Waals surface area contributed by atoms with Crippen molar-refractivity contribution in [3.05, 3.63) is 36.5 Å². The van der Waals surface area contributed by atoms with Crippen LogP contribution in [0.15, 0.2) is 36.5 Å². The number of rotatable bonds is 3. The lowest BCUT2D eigenvalue weighted by atomic mass is 10.1. The van der Waals surface area contributed by atoms with E-state index in [-0.39, 0.29) is 0 Å². The number of hydrogen-bond acceptors (Lipinski definition) is 1. The van der Waals surface area contributed by atoms with Gasteiger partial charge in [-0.05, 0) is 13.0 Å². The number of hydrogen-bond donors (Lipinski definition) is 0. The first-order valence-corrected chi connectivity index (χ1v) is 4.23. The largest absolute Gasteiger partial charge is 0.357 e. The Hall–Kier alpha value is -1.43. The van der Waals surface area contributed by atoms with Gasteiger partial charge in [-0.1, -0.05) is 38.7 Å². The highest BCUT2D eigenvalue weighted by Crippen LogP contribution is 2.24. The molecular formula is C11H15F2N. The molecule has 0 amide bonds. The van der Waals surface area contributed by atoms with Crippen LogP contribution >= 0.6 is 0 Å². The van der Waals surface area contributed by atoms with Gasteiger partial charge in [-0.25, -0.2) is 0 Å². The Morgan fingerprint density at radius 3 is 2.07 bits per heavy atom. The molecule has 0 aromatic rings. The van der Waals surface area contributed by atoms with Crippen LogP contribution in [0.4, 0.5) is 8.78 Å². The third-order valence-electron chi connectivity index (χ3n) is 1.12. The van der Waals surface area contributed by atoms with Gasteiger partial charge in [0, 0.05) is 5.57 Å². The van der Waals surface area contributed by atoms with Crippen LogP contribution < -0.4 is 0 Å². The van der Waals surface area contributed by atoms with E-state index in [1.54, 1.807) is 6.92 Å². The summed E-state index contributed by atoms with van der Waals surface area (Å²) in [4.78, 5) is 0. The molecule has 0 heterocycles. The van der Waals surface area contributed by atoms with Crippen LogP contribution in [-0.2, 0) is 0 Å². The average Bonchev–Trinajstić information content (AvgIpc) is 2.17. The molecule has 0 fully saturated rings. The van der Waals surface area contributed by atoms with E-state index in [9.17, 15) is 8.78 Å². The minimum Gasteiger partial charge on any atom is -0.191 e. The van der Waals surface area contributed by atoms with Crippen LogP contribution in [0.5, 0.6) is 0 Å². The van der Waals surface area contributed by atoms with Crippen molar-refractivity contribution < 1.29 is 8.78 Å². The van der Waals surface area contributed by atoms with Crippen molar-refractivity contribution >= 4 is 0 Å². The summed E-state index contributed by atoms with van der Waals surface area (Å²) < 4.78 is 25.3. The van der Waals surface area contributed by atoms with Crippen LogP contribution in [0.2, 0.25) is 0 Å². The van der Waals surface area contributed by atoms with Crippen molar-refractivity contribution in [1.82, 2.24) is 0 Å². The molecule has 0 N–H and O–H groups in total. The highest BCUT2D eigenvalue weighted by Gasteiger charge is 2.31. The molecule has 78 valence electrons. The number of allylic oxidation sites excluding steroid dienone is 4. The molecular weight excluding hydrogens is 184 g/mol. The highest BCUT2D eigenvalue weighted by molar-refractivity contribution is 5.36. The number of halogens is 2. The molecule has 0 bridgehead atoms. The quantitative estimate of drug-likeness (QED) is 0.633. The monoisotopic (exact) mass is 199 g/mol. The van der Waals surface area contributed by atoms with E-state index >= 15 is 0 Å². The maximum atomic E-state index is 12.6. The summed E-state index contributed by atoms with van der Waals surface area (Å²) in [7, 11) is 0. The fraction of sp³-hybridized carbons (Fsp3) is 0.364. The number of alkyl halides is 2.